The smallest absolute Gasteiger partial charge is 0.152 e. The third kappa shape index (κ3) is 1.39. The van der Waals surface area contributed by atoms with Gasteiger partial charge in [-0.25, -0.2) is 8.78 Å². The van der Waals surface area contributed by atoms with Crippen LogP contribution in [0.5, 0.6) is 0 Å². The molecule has 0 aromatic carbocycles. The van der Waals surface area contributed by atoms with Crippen LogP contribution in [-0.4, -0.2) is 24.9 Å². The third-order valence-electron chi connectivity index (χ3n) is 1.68. The minimum absolute atomic E-state index is 0.130. The molecular formula is C6H11F2N. The van der Waals surface area contributed by atoms with Crippen molar-refractivity contribution in [3.8, 4) is 0 Å². The van der Waals surface area contributed by atoms with Crippen molar-refractivity contribution in [3.63, 3.8) is 0 Å². The number of hydrogen-bond acceptors (Lipinski definition) is 1. The first kappa shape index (κ1) is 6.93. The molecule has 0 amide bonds. The topological polar surface area (TPSA) is 12.0 Å². The van der Waals surface area contributed by atoms with Crippen molar-refractivity contribution in [2.24, 2.45) is 0 Å². The fourth-order valence-electron chi connectivity index (χ4n) is 1.15. The second kappa shape index (κ2) is 2.21. The highest BCUT2D eigenvalue weighted by molar-refractivity contribution is 4.92. The summed E-state index contributed by atoms with van der Waals surface area (Å²) in [4.78, 5) is 0. The van der Waals surface area contributed by atoms with Gasteiger partial charge in [0.05, 0.1) is 0 Å². The molecule has 54 valence electrons. The predicted molar refractivity (Wildman–Crippen MR) is 31.9 cm³/mol. The van der Waals surface area contributed by atoms with Crippen LogP contribution in [0.25, 0.3) is 0 Å². The van der Waals surface area contributed by atoms with Gasteiger partial charge in [-0.2, -0.15) is 0 Å². The highest BCUT2D eigenvalue weighted by atomic mass is 19.2. The molecule has 0 aromatic heterocycles. The van der Waals surface area contributed by atoms with Crippen molar-refractivity contribution in [1.82, 2.24) is 5.32 Å². The Kier molecular flexibility index (Phi) is 1.70. The molecule has 1 rings (SSSR count). The molecule has 3 heteroatoms. The van der Waals surface area contributed by atoms with Crippen LogP contribution in [0.2, 0.25) is 0 Å². The zero-order valence-electron chi connectivity index (χ0n) is 5.45. The number of halogens is 2. The molecule has 0 spiro atoms. The molecule has 2 atom stereocenters. The lowest BCUT2D eigenvalue weighted by Gasteiger charge is -2.11. The SMILES string of the molecule is C[C@@H]1CC(F)(CF)CN1. The largest absolute Gasteiger partial charge is 0.311 e. The molecular weight excluding hydrogens is 124 g/mol. The van der Waals surface area contributed by atoms with E-state index in [1.165, 1.54) is 0 Å². The van der Waals surface area contributed by atoms with Gasteiger partial charge in [0.25, 0.3) is 0 Å². The summed E-state index contributed by atoms with van der Waals surface area (Å²) in [6.07, 6.45) is 0.309. The van der Waals surface area contributed by atoms with Crippen molar-refractivity contribution in [1.29, 1.82) is 0 Å². The average Bonchev–Trinajstić information content (AvgIpc) is 2.13. The number of hydrogen-bond donors (Lipinski definition) is 1. The van der Waals surface area contributed by atoms with Crippen LogP contribution >= 0.6 is 0 Å². The first-order valence-corrected chi connectivity index (χ1v) is 3.14. The maximum atomic E-state index is 12.9. The highest BCUT2D eigenvalue weighted by Crippen LogP contribution is 2.23. The Hall–Kier alpha value is -0.180. The van der Waals surface area contributed by atoms with E-state index in [0.29, 0.717) is 6.42 Å². The molecule has 1 N–H and O–H groups in total. The Balaban J connectivity index is 2.45. The van der Waals surface area contributed by atoms with Crippen LogP contribution < -0.4 is 5.32 Å². The van der Waals surface area contributed by atoms with Gasteiger partial charge in [-0.3, -0.25) is 0 Å². The molecule has 0 aliphatic carbocycles. The van der Waals surface area contributed by atoms with Gasteiger partial charge in [0.15, 0.2) is 5.67 Å². The first-order valence-electron chi connectivity index (χ1n) is 3.14. The summed E-state index contributed by atoms with van der Waals surface area (Å²) >= 11 is 0. The predicted octanol–water partition coefficient (Wildman–Crippen LogP) is 1.05. The molecule has 1 aliphatic rings. The normalized spacial score (nSPS) is 43.7. The zero-order chi connectivity index (χ0) is 6.91. The number of nitrogens with one attached hydrogen (secondary N) is 1. The Morgan fingerprint density at radius 1 is 1.78 bits per heavy atom. The van der Waals surface area contributed by atoms with Gasteiger partial charge in [-0.15, -0.1) is 0 Å². The Bertz CT molecular complexity index is 107. The minimum atomic E-state index is -1.57. The van der Waals surface area contributed by atoms with Crippen molar-refractivity contribution in [2.75, 3.05) is 13.2 Å². The molecule has 0 saturated carbocycles. The summed E-state index contributed by atoms with van der Waals surface area (Å²) in [5.41, 5.74) is -1.57. The van der Waals surface area contributed by atoms with Gasteiger partial charge < -0.3 is 5.32 Å². The van der Waals surface area contributed by atoms with E-state index in [4.69, 9.17) is 0 Å². The quantitative estimate of drug-likeness (QED) is 0.566. The average molecular weight is 135 g/mol. The standard InChI is InChI=1S/C6H11F2N/c1-5-2-6(8,3-7)4-9-5/h5,9H,2-4H2,1H3/t5-,6?/m1/s1. The van der Waals surface area contributed by atoms with E-state index in [-0.39, 0.29) is 12.6 Å². The summed E-state index contributed by atoms with van der Waals surface area (Å²) in [6, 6.07) is 0.130. The second-order valence-corrected chi connectivity index (χ2v) is 2.77. The van der Waals surface area contributed by atoms with Gasteiger partial charge in [-0.05, 0) is 6.92 Å². The fraction of sp³-hybridized carbons (Fsp3) is 1.00. The molecule has 1 saturated heterocycles. The van der Waals surface area contributed by atoms with Crippen LogP contribution in [0.15, 0.2) is 0 Å². The summed E-state index contributed by atoms with van der Waals surface area (Å²) in [6.45, 7) is 1.17. The summed E-state index contributed by atoms with van der Waals surface area (Å²) in [5.74, 6) is 0. The van der Waals surface area contributed by atoms with Gasteiger partial charge in [0.1, 0.15) is 6.67 Å². The molecule has 0 bridgehead atoms. The van der Waals surface area contributed by atoms with Crippen molar-refractivity contribution in [3.05, 3.63) is 0 Å². The van der Waals surface area contributed by atoms with Gasteiger partial charge in [0.2, 0.25) is 0 Å². The van der Waals surface area contributed by atoms with E-state index in [0.717, 1.165) is 0 Å². The molecule has 1 nitrogen and oxygen atoms in total. The second-order valence-electron chi connectivity index (χ2n) is 2.77. The summed E-state index contributed by atoms with van der Waals surface area (Å²) < 4.78 is 24.7. The summed E-state index contributed by atoms with van der Waals surface area (Å²) in [7, 11) is 0. The Labute approximate surface area is 53.4 Å². The first-order chi connectivity index (χ1) is 4.16. The van der Waals surface area contributed by atoms with E-state index in [1.807, 2.05) is 6.92 Å². The molecule has 1 aliphatic heterocycles. The molecule has 9 heavy (non-hydrogen) atoms. The zero-order valence-corrected chi connectivity index (χ0v) is 5.45. The van der Waals surface area contributed by atoms with E-state index < -0.39 is 12.3 Å². The lowest BCUT2D eigenvalue weighted by molar-refractivity contribution is 0.140. The summed E-state index contributed by atoms with van der Waals surface area (Å²) in [5, 5.41) is 2.85. The van der Waals surface area contributed by atoms with Crippen LogP contribution in [0.1, 0.15) is 13.3 Å². The lowest BCUT2D eigenvalue weighted by atomic mass is 10.1. The van der Waals surface area contributed by atoms with E-state index in [1.54, 1.807) is 0 Å². The maximum Gasteiger partial charge on any atom is 0.152 e. The molecule has 0 aromatic rings. The van der Waals surface area contributed by atoms with E-state index in [9.17, 15) is 8.78 Å². The van der Waals surface area contributed by atoms with Crippen molar-refractivity contribution in [2.45, 2.75) is 25.1 Å². The fourth-order valence-corrected chi connectivity index (χ4v) is 1.15. The number of rotatable bonds is 1. The van der Waals surface area contributed by atoms with E-state index >= 15 is 0 Å². The Morgan fingerprint density at radius 3 is 2.67 bits per heavy atom. The highest BCUT2D eigenvalue weighted by Gasteiger charge is 2.37. The minimum Gasteiger partial charge on any atom is -0.311 e. The van der Waals surface area contributed by atoms with E-state index in [2.05, 4.69) is 5.32 Å². The maximum absolute atomic E-state index is 12.9. The lowest BCUT2D eigenvalue weighted by Crippen LogP contribution is -2.28. The van der Waals surface area contributed by atoms with Crippen LogP contribution in [-0.2, 0) is 0 Å². The van der Waals surface area contributed by atoms with Crippen molar-refractivity contribution < 1.29 is 8.78 Å². The van der Waals surface area contributed by atoms with Crippen LogP contribution in [0.4, 0.5) is 8.78 Å². The van der Waals surface area contributed by atoms with Crippen molar-refractivity contribution >= 4 is 0 Å². The van der Waals surface area contributed by atoms with Crippen LogP contribution in [0, 0.1) is 0 Å². The molecule has 1 heterocycles. The van der Waals surface area contributed by atoms with Gasteiger partial charge in [-0.1, -0.05) is 0 Å². The third-order valence-corrected chi connectivity index (χ3v) is 1.68. The van der Waals surface area contributed by atoms with Crippen LogP contribution in [0.3, 0.4) is 0 Å². The molecule has 0 radical (unpaired) electrons. The molecule has 1 fully saturated rings. The number of alkyl halides is 2. The molecule has 1 unspecified atom stereocenters. The monoisotopic (exact) mass is 135 g/mol. The van der Waals surface area contributed by atoms with Gasteiger partial charge in [0, 0.05) is 19.0 Å². The van der Waals surface area contributed by atoms with Gasteiger partial charge >= 0.3 is 0 Å². The Morgan fingerprint density at radius 2 is 2.44 bits per heavy atom.